The first-order valence-corrected chi connectivity index (χ1v) is 5.19. The summed E-state index contributed by atoms with van der Waals surface area (Å²) in [6, 6.07) is 1.30. The number of pyridine rings is 1. The fourth-order valence-electron chi connectivity index (χ4n) is 1.35. The number of hydrogen-bond acceptors (Lipinski definition) is 4. The zero-order chi connectivity index (χ0) is 15.5. The fourth-order valence-corrected chi connectivity index (χ4v) is 1.35. The maximum absolute atomic E-state index is 12.7. The van der Waals surface area contributed by atoms with Crippen molar-refractivity contribution in [1.29, 1.82) is 5.26 Å². The van der Waals surface area contributed by atoms with Crippen LogP contribution in [0.5, 0.6) is 0 Å². The predicted molar refractivity (Wildman–Crippen MR) is 54.9 cm³/mol. The van der Waals surface area contributed by atoms with Crippen LogP contribution >= 0.6 is 0 Å². The molecule has 0 saturated carbocycles. The van der Waals surface area contributed by atoms with E-state index in [0.717, 1.165) is 0 Å². The molecule has 1 rings (SSSR count). The van der Waals surface area contributed by atoms with Crippen molar-refractivity contribution in [1.82, 2.24) is 4.98 Å². The molecule has 0 unspecified atom stereocenters. The van der Waals surface area contributed by atoms with Crippen molar-refractivity contribution in [2.45, 2.75) is 19.5 Å². The summed E-state index contributed by atoms with van der Waals surface area (Å²) < 4.78 is 67.5. The first kappa shape index (κ1) is 15.8. The molecule has 0 radical (unpaired) electrons. The van der Waals surface area contributed by atoms with E-state index in [1.807, 2.05) is 0 Å². The van der Waals surface area contributed by atoms with Gasteiger partial charge in [-0.25, -0.2) is 18.6 Å². The Morgan fingerprint density at radius 3 is 2.50 bits per heavy atom. The molecule has 0 aromatic carbocycles. The van der Waals surface area contributed by atoms with Gasteiger partial charge in [-0.1, -0.05) is 0 Å². The number of esters is 1. The monoisotopic (exact) mass is 294 g/mol. The van der Waals surface area contributed by atoms with E-state index < -0.39 is 41.1 Å². The zero-order valence-corrected chi connectivity index (χ0v) is 9.96. The van der Waals surface area contributed by atoms with Gasteiger partial charge >= 0.3 is 12.1 Å². The van der Waals surface area contributed by atoms with Crippen LogP contribution in [0, 0.1) is 11.3 Å². The molecule has 0 bridgehead atoms. The third-order valence-electron chi connectivity index (χ3n) is 2.16. The summed E-state index contributed by atoms with van der Waals surface area (Å²) in [5.41, 5.74) is -4.89. The standard InChI is InChI=1S/C11H7F5N2O2/c1-2-20-10(19)8-6(4-17)5(9(12)13)3-7(18-8)11(14,15)16/h3,9H,2H2,1H3. The van der Waals surface area contributed by atoms with E-state index in [0.29, 0.717) is 0 Å². The number of hydrogen-bond donors (Lipinski definition) is 0. The van der Waals surface area contributed by atoms with Gasteiger partial charge in [0.15, 0.2) is 5.69 Å². The lowest BCUT2D eigenvalue weighted by atomic mass is 10.1. The molecule has 1 aromatic heterocycles. The Morgan fingerprint density at radius 2 is 2.10 bits per heavy atom. The Kier molecular flexibility index (Phi) is 4.60. The molecular weight excluding hydrogens is 287 g/mol. The highest BCUT2D eigenvalue weighted by Crippen LogP contribution is 2.33. The van der Waals surface area contributed by atoms with Crippen LogP contribution in [0.1, 0.15) is 40.7 Å². The Hall–Kier alpha value is -2.24. The first-order valence-electron chi connectivity index (χ1n) is 5.19. The molecule has 0 aliphatic rings. The fraction of sp³-hybridized carbons (Fsp3) is 0.364. The third kappa shape index (κ3) is 3.20. The number of carbonyl (C=O) groups excluding carboxylic acids is 1. The smallest absolute Gasteiger partial charge is 0.433 e. The Labute approximate surface area is 109 Å². The normalized spacial score (nSPS) is 11.3. The van der Waals surface area contributed by atoms with Crippen LogP contribution < -0.4 is 0 Å². The second kappa shape index (κ2) is 5.81. The van der Waals surface area contributed by atoms with Gasteiger partial charge in [0.25, 0.3) is 6.43 Å². The largest absolute Gasteiger partial charge is 0.461 e. The van der Waals surface area contributed by atoms with E-state index in [2.05, 4.69) is 9.72 Å². The quantitative estimate of drug-likeness (QED) is 0.635. The number of rotatable bonds is 3. The number of nitrogens with zero attached hydrogens (tertiary/aromatic N) is 2. The van der Waals surface area contributed by atoms with E-state index >= 15 is 0 Å². The molecule has 0 spiro atoms. The number of carbonyl (C=O) groups is 1. The van der Waals surface area contributed by atoms with E-state index in [9.17, 15) is 26.7 Å². The van der Waals surface area contributed by atoms with Gasteiger partial charge in [-0.15, -0.1) is 0 Å². The molecule has 1 heterocycles. The van der Waals surface area contributed by atoms with Crippen LogP contribution in [-0.2, 0) is 10.9 Å². The molecule has 0 fully saturated rings. The molecule has 0 saturated heterocycles. The molecule has 4 nitrogen and oxygen atoms in total. The summed E-state index contributed by atoms with van der Waals surface area (Å²) in [6.45, 7) is 1.16. The second-order valence-corrected chi connectivity index (χ2v) is 3.45. The van der Waals surface area contributed by atoms with E-state index in [1.165, 1.54) is 13.0 Å². The lowest BCUT2D eigenvalue weighted by Gasteiger charge is -2.12. The molecule has 0 N–H and O–H groups in total. The molecule has 0 aliphatic heterocycles. The van der Waals surface area contributed by atoms with Crippen LogP contribution in [-0.4, -0.2) is 17.6 Å². The van der Waals surface area contributed by atoms with Crippen molar-refractivity contribution in [3.63, 3.8) is 0 Å². The van der Waals surface area contributed by atoms with Gasteiger partial charge in [-0.05, 0) is 13.0 Å². The molecule has 0 atom stereocenters. The second-order valence-electron chi connectivity index (χ2n) is 3.45. The Balaban J connectivity index is 3.59. The topological polar surface area (TPSA) is 63.0 Å². The van der Waals surface area contributed by atoms with Gasteiger partial charge in [0, 0.05) is 5.56 Å². The van der Waals surface area contributed by atoms with Crippen molar-refractivity contribution in [3.8, 4) is 6.07 Å². The summed E-state index contributed by atoms with van der Waals surface area (Å²) in [6.07, 6.45) is -8.39. The summed E-state index contributed by atoms with van der Waals surface area (Å²) in [4.78, 5) is 14.4. The van der Waals surface area contributed by atoms with E-state index in [1.54, 1.807) is 0 Å². The number of aromatic nitrogens is 1. The first-order chi connectivity index (χ1) is 9.22. The summed E-state index contributed by atoms with van der Waals surface area (Å²) in [5.74, 6) is -1.36. The van der Waals surface area contributed by atoms with Gasteiger partial charge in [0.2, 0.25) is 0 Å². The van der Waals surface area contributed by atoms with Crippen LogP contribution in [0.15, 0.2) is 6.07 Å². The minimum atomic E-state index is -5.03. The molecular formula is C11H7F5N2O2. The zero-order valence-electron chi connectivity index (χ0n) is 9.96. The molecule has 9 heteroatoms. The summed E-state index contributed by atoms with van der Waals surface area (Å²) >= 11 is 0. The van der Waals surface area contributed by atoms with Crippen molar-refractivity contribution >= 4 is 5.97 Å². The van der Waals surface area contributed by atoms with Gasteiger partial charge in [0.1, 0.15) is 11.8 Å². The predicted octanol–water partition coefficient (Wildman–Crippen LogP) is 3.09. The lowest BCUT2D eigenvalue weighted by Crippen LogP contribution is -2.17. The Bertz CT molecular complexity index is 563. The van der Waals surface area contributed by atoms with Gasteiger partial charge in [0.05, 0.1) is 12.2 Å². The van der Waals surface area contributed by atoms with Crippen molar-refractivity contribution < 1.29 is 31.5 Å². The third-order valence-corrected chi connectivity index (χ3v) is 2.16. The number of halogens is 5. The molecule has 0 aliphatic carbocycles. The van der Waals surface area contributed by atoms with Crippen molar-refractivity contribution in [3.05, 3.63) is 28.6 Å². The number of alkyl halides is 5. The molecule has 0 amide bonds. The van der Waals surface area contributed by atoms with E-state index in [4.69, 9.17) is 5.26 Å². The van der Waals surface area contributed by atoms with Crippen molar-refractivity contribution in [2.75, 3.05) is 6.61 Å². The Morgan fingerprint density at radius 1 is 1.50 bits per heavy atom. The average molecular weight is 294 g/mol. The van der Waals surface area contributed by atoms with Crippen molar-refractivity contribution in [2.24, 2.45) is 0 Å². The van der Waals surface area contributed by atoms with Crippen LogP contribution in [0.25, 0.3) is 0 Å². The maximum Gasteiger partial charge on any atom is 0.433 e. The molecule has 108 valence electrons. The molecule has 1 aromatic rings. The van der Waals surface area contributed by atoms with Gasteiger partial charge in [-0.3, -0.25) is 0 Å². The SMILES string of the molecule is CCOC(=O)c1nc(C(F)(F)F)cc(C(F)F)c1C#N. The minimum Gasteiger partial charge on any atom is -0.461 e. The number of nitriles is 1. The van der Waals surface area contributed by atoms with E-state index in [-0.39, 0.29) is 12.7 Å². The maximum atomic E-state index is 12.7. The van der Waals surface area contributed by atoms with Crippen LogP contribution in [0.4, 0.5) is 22.0 Å². The number of ether oxygens (including phenoxy) is 1. The summed E-state index contributed by atoms with van der Waals surface area (Å²) in [7, 11) is 0. The average Bonchev–Trinajstić information content (AvgIpc) is 2.36. The highest BCUT2D eigenvalue weighted by atomic mass is 19.4. The molecule has 20 heavy (non-hydrogen) atoms. The van der Waals surface area contributed by atoms with Gasteiger partial charge < -0.3 is 4.74 Å². The van der Waals surface area contributed by atoms with Crippen LogP contribution in [0.3, 0.4) is 0 Å². The summed E-state index contributed by atoms with van der Waals surface area (Å²) in [5, 5.41) is 8.75. The highest BCUT2D eigenvalue weighted by molar-refractivity contribution is 5.90. The lowest BCUT2D eigenvalue weighted by molar-refractivity contribution is -0.141. The van der Waals surface area contributed by atoms with Gasteiger partial charge in [-0.2, -0.15) is 18.4 Å². The highest BCUT2D eigenvalue weighted by Gasteiger charge is 2.36. The van der Waals surface area contributed by atoms with Crippen LogP contribution in [0.2, 0.25) is 0 Å². The minimum absolute atomic E-state index is 0.0476.